The fourth-order valence-electron chi connectivity index (χ4n) is 3.79. The van der Waals surface area contributed by atoms with Gasteiger partial charge in [0.25, 0.3) is 0 Å². The third-order valence-corrected chi connectivity index (χ3v) is 5.27. The zero-order valence-electron chi connectivity index (χ0n) is 14.1. The van der Waals surface area contributed by atoms with E-state index in [0.717, 1.165) is 44.9 Å². The second-order valence-electron chi connectivity index (χ2n) is 6.53. The summed E-state index contributed by atoms with van der Waals surface area (Å²) in [7, 11) is 1.71. The summed E-state index contributed by atoms with van der Waals surface area (Å²) in [6, 6.07) is 6.20. The van der Waals surface area contributed by atoms with Gasteiger partial charge in [-0.15, -0.1) is 0 Å². The highest BCUT2D eigenvalue weighted by atomic mass is 16.5. The van der Waals surface area contributed by atoms with Crippen molar-refractivity contribution in [2.45, 2.75) is 38.3 Å². The van der Waals surface area contributed by atoms with Crippen molar-refractivity contribution in [1.29, 1.82) is 0 Å². The van der Waals surface area contributed by atoms with Crippen LogP contribution >= 0.6 is 0 Å². The van der Waals surface area contributed by atoms with Gasteiger partial charge in [0.05, 0.1) is 7.11 Å². The van der Waals surface area contributed by atoms with Gasteiger partial charge in [0.1, 0.15) is 5.75 Å². The standard InChI is InChI=1S/C18H26N2O3/c1-14-15(4-3-5-16(14)22-2)13-20-9-8-19-17(21)12-18(20)6-10-23-11-7-18/h3-5H,6-13H2,1-2H3,(H,19,21). The first-order valence-corrected chi connectivity index (χ1v) is 8.37. The van der Waals surface area contributed by atoms with E-state index in [4.69, 9.17) is 9.47 Å². The minimum atomic E-state index is -0.0750. The number of rotatable bonds is 3. The number of amides is 1. The Kier molecular flexibility index (Phi) is 4.87. The molecule has 0 unspecified atom stereocenters. The van der Waals surface area contributed by atoms with E-state index in [1.165, 1.54) is 11.1 Å². The van der Waals surface area contributed by atoms with Crippen LogP contribution in [0.3, 0.4) is 0 Å². The molecule has 0 saturated carbocycles. The molecule has 0 aromatic heterocycles. The highest BCUT2D eigenvalue weighted by Crippen LogP contribution is 2.34. The maximum absolute atomic E-state index is 12.1. The quantitative estimate of drug-likeness (QED) is 0.924. The number of hydrogen-bond donors (Lipinski definition) is 1. The lowest BCUT2D eigenvalue weighted by Gasteiger charge is -2.45. The first kappa shape index (κ1) is 16.3. The van der Waals surface area contributed by atoms with E-state index >= 15 is 0 Å². The Morgan fingerprint density at radius 2 is 2.13 bits per heavy atom. The van der Waals surface area contributed by atoms with Crippen LogP contribution in [0.25, 0.3) is 0 Å². The molecule has 1 aromatic carbocycles. The topological polar surface area (TPSA) is 50.8 Å². The van der Waals surface area contributed by atoms with Crippen LogP contribution in [0, 0.1) is 6.92 Å². The summed E-state index contributed by atoms with van der Waals surface area (Å²) in [5, 5.41) is 3.02. The Labute approximate surface area is 137 Å². The molecule has 5 nitrogen and oxygen atoms in total. The van der Waals surface area contributed by atoms with Gasteiger partial charge in [0.2, 0.25) is 5.91 Å². The first-order chi connectivity index (χ1) is 11.1. The van der Waals surface area contributed by atoms with Crippen molar-refractivity contribution in [3.05, 3.63) is 29.3 Å². The Morgan fingerprint density at radius 3 is 2.87 bits per heavy atom. The van der Waals surface area contributed by atoms with Gasteiger partial charge in [-0.05, 0) is 37.0 Å². The number of nitrogens with one attached hydrogen (secondary N) is 1. The van der Waals surface area contributed by atoms with Gasteiger partial charge >= 0.3 is 0 Å². The van der Waals surface area contributed by atoms with Crippen molar-refractivity contribution in [2.24, 2.45) is 0 Å². The highest BCUT2D eigenvalue weighted by Gasteiger charge is 2.41. The summed E-state index contributed by atoms with van der Waals surface area (Å²) in [5.41, 5.74) is 2.37. The molecule has 0 bridgehead atoms. The van der Waals surface area contributed by atoms with E-state index in [2.05, 4.69) is 23.2 Å². The van der Waals surface area contributed by atoms with Crippen LogP contribution in [-0.4, -0.2) is 49.8 Å². The number of methoxy groups -OCH3 is 1. The average Bonchev–Trinajstić information content (AvgIpc) is 2.69. The summed E-state index contributed by atoms with van der Waals surface area (Å²) in [6.45, 7) is 6.01. The number of hydrogen-bond acceptors (Lipinski definition) is 4. The predicted molar refractivity (Wildman–Crippen MR) is 88.6 cm³/mol. The number of carbonyl (C=O) groups excluding carboxylic acids is 1. The Bertz CT molecular complexity index is 567. The molecule has 1 amide bonds. The van der Waals surface area contributed by atoms with Crippen molar-refractivity contribution in [2.75, 3.05) is 33.4 Å². The largest absolute Gasteiger partial charge is 0.496 e. The van der Waals surface area contributed by atoms with Crippen LogP contribution in [0.4, 0.5) is 0 Å². The summed E-state index contributed by atoms with van der Waals surface area (Å²) in [5.74, 6) is 1.09. The van der Waals surface area contributed by atoms with E-state index < -0.39 is 0 Å². The summed E-state index contributed by atoms with van der Waals surface area (Å²) in [4.78, 5) is 14.6. The minimum absolute atomic E-state index is 0.0750. The molecule has 23 heavy (non-hydrogen) atoms. The zero-order chi connectivity index (χ0) is 16.3. The summed E-state index contributed by atoms with van der Waals surface area (Å²) < 4.78 is 11.0. The van der Waals surface area contributed by atoms with Gasteiger partial charge in [-0.1, -0.05) is 12.1 Å². The van der Waals surface area contributed by atoms with Crippen molar-refractivity contribution in [3.8, 4) is 5.75 Å². The zero-order valence-corrected chi connectivity index (χ0v) is 14.1. The van der Waals surface area contributed by atoms with E-state index in [1.54, 1.807) is 7.11 Å². The van der Waals surface area contributed by atoms with Crippen LogP contribution in [0.1, 0.15) is 30.4 Å². The van der Waals surface area contributed by atoms with Crippen LogP contribution in [0.15, 0.2) is 18.2 Å². The monoisotopic (exact) mass is 318 g/mol. The van der Waals surface area contributed by atoms with Crippen LogP contribution in [-0.2, 0) is 16.1 Å². The third kappa shape index (κ3) is 3.35. The molecular formula is C18H26N2O3. The van der Waals surface area contributed by atoms with Crippen molar-refractivity contribution in [1.82, 2.24) is 10.2 Å². The molecule has 2 heterocycles. The van der Waals surface area contributed by atoms with Gasteiger partial charge in [0.15, 0.2) is 0 Å². The normalized spacial score (nSPS) is 21.7. The SMILES string of the molecule is COc1cccc(CN2CCNC(=O)CC23CCOCC3)c1C. The number of carbonyl (C=O) groups is 1. The number of ether oxygens (including phenoxy) is 2. The average molecular weight is 318 g/mol. The van der Waals surface area contributed by atoms with Crippen LogP contribution < -0.4 is 10.1 Å². The molecule has 1 N–H and O–H groups in total. The molecule has 2 fully saturated rings. The molecule has 0 atom stereocenters. The number of benzene rings is 1. The molecule has 126 valence electrons. The lowest BCUT2D eigenvalue weighted by atomic mass is 9.84. The third-order valence-electron chi connectivity index (χ3n) is 5.27. The molecule has 1 aromatic rings. The van der Waals surface area contributed by atoms with Crippen LogP contribution in [0.5, 0.6) is 5.75 Å². The Balaban J connectivity index is 1.87. The summed E-state index contributed by atoms with van der Waals surface area (Å²) in [6.07, 6.45) is 2.41. The number of nitrogens with zero attached hydrogens (tertiary/aromatic N) is 1. The fraction of sp³-hybridized carbons (Fsp3) is 0.611. The summed E-state index contributed by atoms with van der Waals surface area (Å²) >= 11 is 0. The van der Waals surface area contributed by atoms with Gasteiger partial charge in [0, 0.05) is 44.8 Å². The van der Waals surface area contributed by atoms with E-state index in [0.29, 0.717) is 13.0 Å². The molecule has 2 aliphatic rings. The maximum atomic E-state index is 12.1. The van der Waals surface area contributed by atoms with Gasteiger partial charge < -0.3 is 14.8 Å². The van der Waals surface area contributed by atoms with E-state index in [-0.39, 0.29) is 11.4 Å². The van der Waals surface area contributed by atoms with Gasteiger partial charge in [-0.25, -0.2) is 0 Å². The molecule has 3 rings (SSSR count). The van der Waals surface area contributed by atoms with Crippen molar-refractivity contribution in [3.63, 3.8) is 0 Å². The molecule has 5 heteroatoms. The predicted octanol–water partition coefficient (Wildman–Crippen LogP) is 1.87. The highest BCUT2D eigenvalue weighted by molar-refractivity contribution is 5.77. The second-order valence-corrected chi connectivity index (χ2v) is 6.53. The fourth-order valence-corrected chi connectivity index (χ4v) is 3.79. The lowest BCUT2D eigenvalue weighted by Crippen LogP contribution is -2.52. The molecule has 2 aliphatic heterocycles. The first-order valence-electron chi connectivity index (χ1n) is 8.37. The smallest absolute Gasteiger partial charge is 0.221 e. The molecule has 0 radical (unpaired) electrons. The molecular weight excluding hydrogens is 292 g/mol. The van der Waals surface area contributed by atoms with E-state index in [9.17, 15) is 4.79 Å². The van der Waals surface area contributed by atoms with Gasteiger partial charge in [-0.2, -0.15) is 0 Å². The minimum Gasteiger partial charge on any atom is -0.496 e. The maximum Gasteiger partial charge on any atom is 0.221 e. The molecule has 2 saturated heterocycles. The van der Waals surface area contributed by atoms with E-state index in [1.807, 2.05) is 12.1 Å². The lowest BCUT2D eigenvalue weighted by molar-refractivity contribution is -0.124. The van der Waals surface area contributed by atoms with Gasteiger partial charge in [-0.3, -0.25) is 9.69 Å². The Morgan fingerprint density at radius 1 is 1.35 bits per heavy atom. The van der Waals surface area contributed by atoms with Crippen molar-refractivity contribution >= 4 is 5.91 Å². The molecule has 0 aliphatic carbocycles. The molecule has 1 spiro atoms. The van der Waals surface area contributed by atoms with Crippen molar-refractivity contribution < 1.29 is 14.3 Å². The Hall–Kier alpha value is -1.59. The second kappa shape index (κ2) is 6.89. The van der Waals surface area contributed by atoms with Crippen LogP contribution in [0.2, 0.25) is 0 Å².